The number of nitrogens with one attached hydrogen (secondary N) is 1. The monoisotopic (exact) mass is 245 g/mol. The highest BCUT2D eigenvalue weighted by atomic mass is 19.4. The molecule has 0 bridgehead atoms. The van der Waals surface area contributed by atoms with Crippen molar-refractivity contribution in [1.82, 2.24) is 5.32 Å². The van der Waals surface area contributed by atoms with Gasteiger partial charge in [-0.1, -0.05) is 6.07 Å². The van der Waals surface area contributed by atoms with Crippen molar-refractivity contribution in [3.8, 4) is 5.75 Å². The van der Waals surface area contributed by atoms with Crippen molar-refractivity contribution in [3.05, 3.63) is 29.3 Å². The van der Waals surface area contributed by atoms with Crippen molar-refractivity contribution < 1.29 is 17.9 Å². The maximum Gasteiger partial charge on any atom is 0.416 e. The zero-order valence-electron chi connectivity index (χ0n) is 9.47. The second kappa shape index (κ2) is 4.56. The molecule has 1 atom stereocenters. The van der Waals surface area contributed by atoms with E-state index in [2.05, 4.69) is 5.32 Å². The Balaban J connectivity index is 2.42. The Kier molecular flexibility index (Phi) is 3.28. The van der Waals surface area contributed by atoms with Gasteiger partial charge in [0.05, 0.1) is 12.7 Å². The minimum Gasteiger partial charge on any atom is -0.497 e. The van der Waals surface area contributed by atoms with E-state index in [1.54, 1.807) is 6.07 Å². The van der Waals surface area contributed by atoms with Crippen LogP contribution in [0.5, 0.6) is 5.75 Å². The van der Waals surface area contributed by atoms with Crippen molar-refractivity contribution in [2.24, 2.45) is 0 Å². The molecule has 17 heavy (non-hydrogen) atoms. The number of hydrogen-bond donors (Lipinski definition) is 1. The first-order valence-corrected chi connectivity index (χ1v) is 5.51. The highest BCUT2D eigenvalue weighted by Gasteiger charge is 2.36. The lowest BCUT2D eigenvalue weighted by Crippen LogP contribution is -2.18. The van der Waals surface area contributed by atoms with Crippen LogP contribution in [-0.2, 0) is 6.18 Å². The molecule has 94 valence electrons. The van der Waals surface area contributed by atoms with E-state index in [0.717, 1.165) is 25.5 Å². The standard InChI is InChI=1S/C12H14F3NO/c1-17-8-4-5-9(11-3-2-6-16-11)10(7-8)12(13,14)15/h4-5,7,11,16H,2-3,6H2,1H3/t11-/m0/s1. The van der Waals surface area contributed by atoms with Crippen molar-refractivity contribution in [2.75, 3.05) is 13.7 Å². The van der Waals surface area contributed by atoms with Crippen LogP contribution < -0.4 is 10.1 Å². The Morgan fingerprint density at radius 2 is 2.12 bits per heavy atom. The van der Waals surface area contributed by atoms with E-state index in [0.29, 0.717) is 5.56 Å². The maximum absolute atomic E-state index is 12.9. The average Bonchev–Trinajstić information content (AvgIpc) is 2.80. The summed E-state index contributed by atoms with van der Waals surface area (Å²) >= 11 is 0. The normalized spacial score (nSPS) is 20.6. The lowest BCUT2D eigenvalue weighted by molar-refractivity contribution is -0.138. The van der Waals surface area contributed by atoms with Crippen LogP contribution in [0.3, 0.4) is 0 Å². The zero-order valence-corrected chi connectivity index (χ0v) is 9.47. The molecule has 0 unspecified atom stereocenters. The van der Waals surface area contributed by atoms with Gasteiger partial charge in [0.15, 0.2) is 0 Å². The lowest BCUT2D eigenvalue weighted by atomic mass is 9.98. The second-order valence-corrected chi connectivity index (χ2v) is 4.10. The van der Waals surface area contributed by atoms with Crippen LogP contribution in [0.15, 0.2) is 18.2 Å². The Morgan fingerprint density at radius 3 is 2.65 bits per heavy atom. The summed E-state index contributed by atoms with van der Waals surface area (Å²) < 4.78 is 43.7. The van der Waals surface area contributed by atoms with Crippen molar-refractivity contribution >= 4 is 0 Å². The molecule has 1 fully saturated rings. The molecule has 1 aliphatic heterocycles. The highest BCUT2D eigenvalue weighted by molar-refractivity contribution is 5.39. The van der Waals surface area contributed by atoms with Gasteiger partial charge in [0.2, 0.25) is 0 Å². The Bertz CT molecular complexity index is 397. The minimum atomic E-state index is -4.34. The molecule has 2 nitrogen and oxygen atoms in total. The zero-order chi connectivity index (χ0) is 12.5. The molecule has 1 aliphatic rings. The van der Waals surface area contributed by atoms with Crippen LogP contribution in [0.25, 0.3) is 0 Å². The van der Waals surface area contributed by atoms with E-state index in [1.807, 2.05) is 0 Å². The summed E-state index contributed by atoms with van der Waals surface area (Å²) in [7, 11) is 1.36. The predicted octanol–water partition coefficient (Wildman–Crippen LogP) is 3.14. The van der Waals surface area contributed by atoms with Gasteiger partial charge in [-0.05, 0) is 37.1 Å². The molecule has 0 radical (unpaired) electrons. The summed E-state index contributed by atoms with van der Waals surface area (Å²) in [5.41, 5.74) is -0.285. The summed E-state index contributed by atoms with van der Waals surface area (Å²) in [6, 6.07) is 3.95. The van der Waals surface area contributed by atoms with Crippen LogP contribution in [0.2, 0.25) is 0 Å². The molecule has 0 aromatic heterocycles. The van der Waals surface area contributed by atoms with Gasteiger partial charge < -0.3 is 10.1 Å². The van der Waals surface area contributed by atoms with Crippen molar-refractivity contribution in [2.45, 2.75) is 25.1 Å². The molecule has 1 N–H and O–H groups in total. The van der Waals surface area contributed by atoms with Crippen LogP contribution >= 0.6 is 0 Å². The summed E-state index contributed by atoms with van der Waals surface area (Å²) in [4.78, 5) is 0. The molecule has 5 heteroatoms. The summed E-state index contributed by atoms with van der Waals surface area (Å²) in [6.45, 7) is 0.772. The molecule has 1 aromatic rings. The molecule has 0 spiro atoms. The SMILES string of the molecule is COc1ccc([C@@H]2CCCN2)c(C(F)(F)F)c1. The van der Waals surface area contributed by atoms with Crippen molar-refractivity contribution in [1.29, 1.82) is 0 Å². The highest BCUT2D eigenvalue weighted by Crippen LogP contribution is 2.38. The number of rotatable bonds is 2. The maximum atomic E-state index is 12.9. The third kappa shape index (κ3) is 2.54. The number of ether oxygens (including phenoxy) is 1. The van der Waals surface area contributed by atoms with Gasteiger partial charge in [0, 0.05) is 6.04 Å². The smallest absolute Gasteiger partial charge is 0.416 e. The fourth-order valence-corrected chi connectivity index (χ4v) is 2.16. The largest absolute Gasteiger partial charge is 0.497 e. The van der Waals surface area contributed by atoms with Gasteiger partial charge in [-0.3, -0.25) is 0 Å². The van der Waals surface area contributed by atoms with Crippen LogP contribution in [0.4, 0.5) is 13.2 Å². The molecule has 1 heterocycles. The number of benzene rings is 1. The van der Waals surface area contributed by atoms with Gasteiger partial charge in [-0.2, -0.15) is 13.2 Å². The summed E-state index contributed by atoms with van der Waals surface area (Å²) in [6.07, 6.45) is -2.68. The second-order valence-electron chi connectivity index (χ2n) is 4.10. The van der Waals surface area contributed by atoms with Crippen LogP contribution in [0, 0.1) is 0 Å². The van der Waals surface area contributed by atoms with Crippen LogP contribution in [0.1, 0.15) is 30.0 Å². The number of halogens is 3. The quantitative estimate of drug-likeness (QED) is 0.864. The van der Waals surface area contributed by atoms with Gasteiger partial charge in [0.1, 0.15) is 5.75 Å². The molecular formula is C12H14F3NO. The van der Waals surface area contributed by atoms with E-state index in [4.69, 9.17) is 4.74 Å². The minimum absolute atomic E-state index is 0.197. The average molecular weight is 245 g/mol. The molecule has 1 aromatic carbocycles. The van der Waals surface area contributed by atoms with Crippen LogP contribution in [-0.4, -0.2) is 13.7 Å². The Labute approximate surface area is 97.8 Å². The molecule has 0 amide bonds. The third-order valence-corrected chi connectivity index (χ3v) is 3.00. The molecular weight excluding hydrogens is 231 g/mol. The fraction of sp³-hybridized carbons (Fsp3) is 0.500. The predicted molar refractivity (Wildman–Crippen MR) is 58.0 cm³/mol. The first-order valence-electron chi connectivity index (χ1n) is 5.51. The Morgan fingerprint density at radius 1 is 1.35 bits per heavy atom. The molecule has 0 aliphatic carbocycles. The first-order chi connectivity index (χ1) is 8.02. The summed E-state index contributed by atoms with van der Waals surface area (Å²) in [5.74, 6) is 0.235. The van der Waals surface area contributed by atoms with E-state index in [-0.39, 0.29) is 11.8 Å². The van der Waals surface area contributed by atoms with Gasteiger partial charge in [-0.15, -0.1) is 0 Å². The lowest BCUT2D eigenvalue weighted by Gasteiger charge is -2.18. The number of methoxy groups -OCH3 is 1. The van der Waals surface area contributed by atoms with Gasteiger partial charge >= 0.3 is 6.18 Å². The molecule has 2 rings (SSSR count). The van der Waals surface area contributed by atoms with Crippen molar-refractivity contribution in [3.63, 3.8) is 0 Å². The van der Waals surface area contributed by atoms with Gasteiger partial charge in [0.25, 0.3) is 0 Å². The molecule has 1 saturated heterocycles. The number of hydrogen-bond acceptors (Lipinski definition) is 2. The molecule has 0 saturated carbocycles. The van der Waals surface area contributed by atoms with E-state index < -0.39 is 11.7 Å². The van der Waals surface area contributed by atoms with E-state index in [9.17, 15) is 13.2 Å². The Hall–Kier alpha value is -1.23. The third-order valence-electron chi connectivity index (χ3n) is 3.00. The van der Waals surface area contributed by atoms with E-state index >= 15 is 0 Å². The van der Waals surface area contributed by atoms with Gasteiger partial charge in [-0.25, -0.2) is 0 Å². The topological polar surface area (TPSA) is 21.3 Å². The van der Waals surface area contributed by atoms with E-state index in [1.165, 1.54) is 13.2 Å². The first kappa shape index (κ1) is 12.2. The number of alkyl halides is 3. The summed E-state index contributed by atoms with van der Waals surface area (Å²) in [5, 5.41) is 3.08. The fourth-order valence-electron chi connectivity index (χ4n) is 2.16.